The van der Waals surface area contributed by atoms with E-state index in [0.717, 1.165) is 59.4 Å². The van der Waals surface area contributed by atoms with Crippen molar-refractivity contribution in [3.63, 3.8) is 0 Å². The summed E-state index contributed by atoms with van der Waals surface area (Å²) in [6, 6.07) is 10.1. The lowest BCUT2D eigenvalue weighted by Crippen LogP contribution is -2.18. The van der Waals surface area contributed by atoms with E-state index in [2.05, 4.69) is 76.1 Å². The first-order valence-electron chi connectivity index (χ1n) is 8.74. The van der Waals surface area contributed by atoms with Gasteiger partial charge in [-0.15, -0.1) is 0 Å². The Hall–Kier alpha value is -1.19. The molecule has 0 aromatic heterocycles. The fraction of sp³-hybridized carbons (Fsp3) is 0.250. The molecule has 0 saturated heterocycles. The number of para-hydroxylation sites is 1. The van der Waals surface area contributed by atoms with Crippen molar-refractivity contribution in [2.24, 2.45) is 4.99 Å². The number of rotatable bonds is 3. The third kappa shape index (κ3) is 3.35. The predicted octanol–water partition coefficient (Wildman–Crippen LogP) is 4.40. The van der Waals surface area contributed by atoms with E-state index >= 15 is 0 Å². The van der Waals surface area contributed by atoms with Crippen molar-refractivity contribution in [3.05, 3.63) is 60.6 Å². The van der Waals surface area contributed by atoms with Gasteiger partial charge in [0.05, 0.1) is 40.8 Å². The van der Waals surface area contributed by atoms with E-state index in [-0.39, 0.29) is 13.2 Å². The second-order valence-electron chi connectivity index (χ2n) is 6.79. The van der Waals surface area contributed by atoms with Crippen LogP contribution in [0.1, 0.15) is 11.1 Å². The van der Waals surface area contributed by atoms with Gasteiger partial charge in [-0.05, 0) is 59.9 Å². The normalized spacial score (nSPS) is 20.4. The summed E-state index contributed by atoms with van der Waals surface area (Å²) in [4.78, 5) is 6.85. The highest BCUT2D eigenvalue weighted by Crippen LogP contribution is 2.48. The quantitative estimate of drug-likeness (QED) is 0.478. The molecular weight excluding hydrogens is 554 g/mol. The number of aliphatic imine (C=N–C) groups is 1. The fourth-order valence-corrected chi connectivity index (χ4v) is 5.29. The first-order chi connectivity index (χ1) is 13.4. The van der Waals surface area contributed by atoms with Crippen LogP contribution >= 0.6 is 47.8 Å². The summed E-state index contributed by atoms with van der Waals surface area (Å²) in [5.41, 5.74) is 7.13. The molecule has 0 aliphatic carbocycles. The van der Waals surface area contributed by atoms with Gasteiger partial charge in [-0.25, -0.2) is 0 Å². The molecule has 3 N–H and O–H groups in total. The minimum atomic E-state index is -0.871. The zero-order valence-corrected chi connectivity index (χ0v) is 19.8. The molecule has 28 heavy (non-hydrogen) atoms. The maximum absolute atomic E-state index is 9.80. The number of fused-ring (bicyclic) bond motifs is 2. The number of aliphatic hydroxyl groups excluding tert-OH is 2. The van der Waals surface area contributed by atoms with Gasteiger partial charge in [0.1, 0.15) is 0 Å². The molecule has 2 heterocycles. The van der Waals surface area contributed by atoms with Gasteiger partial charge < -0.3 is 20.4 Å². The molecule has 2 aliphatic rings. The molecule has 0 amide bonds. The van der Waals surface area contributed by atoms with Crippen LogP contribution in [0.2, 0.25) is 0 Å². The number of aliphatic hydroxyl groups is 2. The molecule has 1 unspecified atom stereocenters. The molecule has 0 spiro atoms. The molecule has 146 valence electrons. The van der Waals surface area contributed by atoms with Crippen molar-refractivity contribution in [2.45, 2.75) is 6.10 Å². The first-order valence-corrected chi connectivity index (χ1v) is 11.1. The van der Waals surface area contributed by atoms with Crippen LogP contribution in [0.15, 0.2) is 54.4 Å². The van der Waals surface area contributed by atoms with Crippen molar-refractivity contribution in [3.8, 4) is 0 Å². The summed E-state index contributed by atoms with van der Waals surface area (Å²) in [6.07, 6.45) is -0.871. The Kier molecular flexibility index (Phi) is 5.68. The Bertz CT molecular complexity index is 1020. The SMILES string of the molecule is CN1C/C(=C2\Nc3ccccc3C2=NCC(O)CO)c2cc(Br)c(Br)c(Br)c21. The molecule has 8 heteroatoms. The lowest BCUT2D eigenvalue weighted by Gasteiger charge is -2.14. The molecule has 2 aliphatic heterocycles. The highest BCUT2D eigenvalue weighted by atomic mass is 79.9. The maximum Gasteiger partial charge on any atom is 0.0965 e. The van der Waals surface area contributed by atoms with Crippen LogP contribution in [0.5, 0.6) is 0 Å². The monoisotopic (exact) mass is 569 g/mol. The van der Waals surface area contributed by atoms with Crippen LogP contribution in [0, 0.1) is 0 Å². The summed E-state index contributed by atoms with van der Waals surface area (Å²) in [5.74, 6) is 0. The molecule has 1 atom stereocenters. The minimum Gasteiger partial charge on any atom is -0.394 e. The summed E-state index contributed by atoms with van der Waals surface area (Å²) in [6.45, 7) is 0.570. The average Bonchev–Trinajstić information content (AvgIpc) is 3.21. The predicted molar refractivity (Wildman–Crippen MR) is 124 cm³/mol. The van der Waals surface area contributed by atoms with E-state index in [1.165, 1.54) is 0 Å². The number of benzene rings is 2. The molecule has 0 radical (unpaired) electrons. The van der Waals surface area contributed by atoms with Gasteiger partial charge in [0, 0.05) is 44.9 Å². The van der Waals surface area contributed by atoms with Crippen LogP contribution in [-0.4, -0.2) is 48.8 Å². The third-order valence-electron chi connectivity index (χ3n) is 4.89. The van der Waals surface area contributed by atoms with Gasteiger partial charge in [-0.2, -0.15) is 0 Å². The van der Waals surface area contributed by atoms with Gasteiger partial charge in [-0.1, -0.05) is 18.2 Å². The number of hydrogen-bond acceptors (Lipinski definition) is 5. The van der Waals surface area contributed by atoms with E-state index in [4.69, 9.17) is 5.11 Å². The van der Waals surface area contributed by atoms with Crippen LogP contribution in [-0.2, 0) is 0 Å². The van der Waals surface area contributed by atoms with Crippen molar-refractivity contribution < 1.29 is 10.2 Å². The molecule has 5 nitrogen and oxygen atoms in total. The number of likely N-dealkylation sites (N-methyl/N-ethyl adjacent to an activating group) is 1. The third-order valence-corrected chi connectivity index (χ3v) is 8.18. The average molecular weight is 572 g/mol. The Balaban J connectivity index is 1.90. The van der Waals surface area contributed by atoms with Crippen LogP contribution < -0.4 is 10.2 Å². The Morgan fingerprint density at radius 1 is 1.18 bits per heavy atom. The number of allylic oxidation sites excluding steroid dienone is 1. The molecule has 2 aromatic rings. The molecule has 0 fully saturated rings. The number of halogens is 3. The number of hydrogen-bond donors (Lipinski definition) is 3. The highest BCUT2D eigenvalue weighted by Gasteiger charge is 2.33. The van der Waals surface area contributed by atoms with Gasteiger partial charge in [0.15, 0.2) is 0 Å². The van der Waals surface area contributed by atoms with E-state index in [9.17, 15) is 5.11 Å². The molecule has 0 saturated carbocycles. The molecular formula is C20H18Br3N3O2. The standard InChI is InChI=1S/C20H18Br3N3O2/c1-26-8-13(12-6-14(21)16(22)17(23)20(12)26)19-18(24-7-10(28)9-27)11-4-2-3-5-15(11)25-19/h2-6,10,25,27-28H,7-9H2,1H3/b19-13+,24-18?. The van der Waals surface area contributed by atoms with E-state index in [1.807, 2.05) is 24.3 Å². The smallest absolute Gasteiger partial charge is 0.0965 e. The lowest BCUT2D eigenvalue weighted by molar-refractivity contribution is 0.102. The highest BCUT2D eigenvalue weighted by molar-refractivity contribution is 9.14. The Labute approximate surface area is 188 Å². The number of anilines is 2. The second-order valence-corrected chi connectivity index (χ2v) is 9.23. The van der Waals surface area contributed by atoms with Gasteiger partial charge in [-0.3, -0.25) is 4.99 Å². The summed E-state index contributed by atoms with van der Waals surface area (Å²) in [7, 11) is 2.06. The maximum atomic E-state index is 9.80. The van der Waals surface area contributed by atoms with Crippen molar-refractivity contribution in [1.29, 1.82) is 0 Å². The fourth-order valence-electron chi connectivity index (χ4n) is 3.57. The van der Waals surface area contributed by atoms with Crippen molar-refractivity contribution in [2.75, 3.05) is 37.0 Å². The first kappa shape index (κ1) is 20.1. The largest absolute Gasteiger partial charge is 0.394 e. The lowest BCUT2D eigenvalue weighted by atomic mass is 10.0. The number of nitrogens with zero attached hydrogens (tertiary/aromatic N) is 2. The van der Waals surface area contributed by atoms with Gasteiger partial charge in [0.25, 0.3) is 0 Å². The topological polar surface area (TPSA) is 68.1 Å². The van der Waals surface area contributed by atoms with E-state index < -0.39 is 6.10 Å². The van der Waals surface area contributed by atoms with E-state index in [0.29, 0.717) is 0 Å². The van der Waals surface area contributed by atoms with Crippen LogP contribution in [0.25, 0.3) is 5.57 Å². The molecule has 2 aromatic carbocycles. The zero-order valence-electron chi connectivity index (χ0n) is 15.0. The van der Waals surface area contributed by atoms with Gasteiger partial charge in [0.2, 0.25) is 0 Å². The molecule has 0 bridgehead atoms. The molecule has 4 rings (SSSR count). The Morgan fingerprint density at radius 3 is 2.68 bits per heavy atom. The van der Waals surface area contributed by atoms with E-state index in [1.54, 1.807) is 0 Å². The van der Waals surface area contributed by atoms with Crippen LogP contribution in [0.3, 0.4) is 0 Å². The minimum absolute atomic E-state index is 0.148. The number of nitrogens with one attached hydrogen (secondary N) is 1. The summed E-state index contributed by atoms with van der Waals surface area (Å²) in [5, 5.41) is 22.5. The Morgan fingerprint density at radius 2 is 1.93 bits per heavy atom. The summed E-state index contributed by atoms with van der Waals surface area (Å²) < 4.78 is 2.95. The second kappa shape index (κ2) is 7.91. The van der Waals surface area contributed by atoms with Crippen molar-refractivity contribution in [1.82, 2.24) is 0 Å². The van der Waals surface area contributed by atoms with Crippen LogP contribution in [0.4, 0.5) is 11.4 Å². The van der Waals surface area contributed by atoms with Crippen molar-refractivity contribution >= 4 is 70.4 Å². The summed E-state index contributed by atoms with van der Waals surface area (Å²) >= 11 is 11.0. The zero-order chi connectivity index (χ0) is 20.0. The van der Waals surface area contributed by atoms with Gasteiger partial charge >= 0.3 is 0 Å².